The average Bonchev–Trinajstić information content (AvgIpc) is 0.938. The molecule has 98 heavy (non-hydrogen) atoms. The van der Waals surface area contributed by atoms with Crippen LogP contribution in [0.5, 0.6) is 0 Å². The van der Waals surface area contributed by atoms with E-state index in [1.165, 1.54) is 179 Å². The Balaban J connectivity index is 0.822. The van der Waals surface area contributed by atoms with Crippen LogP contribution >= 0.6 is 0 Å². The van der Waals surface area contributed by atoms with Crippen molar-refractivity contribution in [1.29, 1.82) is 0 Å². The minimum absolute atomic E-state index is 0.0217. The van der Waals surface area contributed by atoms with Gasteiger partial charge in [0.1, 0.15) is 0 Å². The first kappa shape index (κ1) is 55.7. The molecule has 6 bridgehead atoms. The highest BCUT2D eigenvalue weighted by Gasteiger charge is 2.62. The Morgan fingerprint density at radius 2 is 0.582 bits per heavy atom. The number of para-hydroxylation sites is 9. The maximum Gasteiger partial charge on any atom is 0.0542 e. The summed E-state index contributed by atoms with van der Waals surface area (Å²) in [4.78, 5) is 5.37. The molecule has 2 spiro atoms. The molecule has 0 amide bonds. The molecule has 0 radical (unpaired) electrons. The van der Waals surface area contributed by atoms with E-state index >= 15 is 0 Å². The summed E-state index contributed by atoms with van der Waals surface area (Å²) in [6, 6.07) is 106. The monoisotopic (exact) mass is 1260 g/mol. The number of rotatable bonds is 6. The van der Waals surface area contributed by atoms with Crippen LogP contribution in [0.3, 0.4) is 0 Å². The molecule has 3 aromatic heterocycles. The molecule has 8 aliphatic rings. The molecule has 6 fully saturated rings. The summed E-state index contributed by atoms with van der Waals surface area (Å²) in [6.45, 7) is 5.14. The Kier molecular flexibility index (Phi) is 11.7. The summed E-state index contributed by atoms with van der Waals surface area (Å²) >= 11 is 0. The lowest BCUT2D eigenvalue weighted by atomic mass is 9.41. The molecule has 4 atom stereocenters. The first-order valence-corrected chi connectivity index (χ1v) is 36.7. The Hall–Kier alpha value is -10.4. The first-order valence-electron chi connectivity index (χ1n) is 36.7. The molecule has 1 unspecified atom stereocenters. The molecular weight excluding hydrogens is 1190 g/mol. The molecule has 5 nitrogen and oxygen atoms in total. The van der Waals surface area contributed by atoms with E-state index in [0.29, 0.717) is 29.6 Å². The Morgan fingerprint density at radius 1 is 0.255 bits per heavy atom. The van der Waals surface area contributed by atoms with Gasteiger partial charge in [-0.15, -0.1) is 0 Å². The fourth-order valence-electron chi connectivity index (χ4n) is 23.2. The van der Waals surface area contributed by atoms with E-state index in [2.05, 4.69) is 310 Å². The van der Waals surface area contributed by atoms with Crippen LogP contribution in [0, 0.1) is 47.3 Å². The summed E-state index contributed by atoms with van der Waals surface area (Å²) in [5.74, 6) is 5.50. The zero-order valence-electron chi connectivity index (χ0n) is 55.7. The number of fused-ring (bicyclic) bond motifs is 18. The highest BCUT2D eigenvalue weighted by atomic mass is 15.2. The molecule has 6 saturated carbocycles. The predicted molar refractivity (Wildman–Crippen MR) is 407 cm³/mol. The molecule has 23 rings (SSSR count). The number of hydrogen-bond donors (Lipinski definition) is 0. The summed E-state index contributed by atoms with van der Waals surface area (Å²) in [7, 11) is 0. The number of nitrogens with zero attached hydrogens (tertiary/aromatic N) is 5. The van der Waals surface area contributed by atoms with Crippen molar-refractivity contribution in [2.75, 3.05) is 9.80 Å². The van der Waals surface area contributed by atoms with Gasteiger partial charge < -0.3 is 23.5 Å². The summed E-state index contributed by atoms with van der Waals surface area (Å²) < 4.78 is 7.62. The highest BCUT2D eigenvalue weighted by Crippen LogP contribution is 2.70. The van der Waals surface area contributed by atoms with Crippen LogP contribution in [0.25, 0.3) is 93.6 Å². The van der Waals surface area contributed by atoms with Gasteiger partial charge in [-0.25, -0.2) is 0 Å². The molecule has 15 aromatic rings. The van der Waals surface area contributed by atoms with Crippen LogP contribution in [0.2, 0.25) is 0 Å². The third kappa shape index (κ3) is 7.52. The lowest BCUT2D eigenvalue weighted by Crippen LogP contribution is -2.57. The molecule has 2 aliphatic heterocycles. The van der Waals surface area contributed by atoms with E-state index in [1.807, 2.05) is 0 Å². The van der Waals surface area contributed by atoms with Crippen LogP contribution in [0.4, 0.5) is 34.1 Å². The average molecular weight is 1260 g/mol. The molecule has 6 aliphatic carbocycles. The maximum atomic E-state index is 2.69. The Labute approximate surface area is 572 Å². The zero-order valence-corrected chi connectivity index (χ0v) is 55.7. The summed E-state index contributed by atoms with van der Waals surface area (Å²) in [5.41, 5.74) is 26.4. The van der Waals surface area contributed by atoms with E-state index in [-0.39, 0.29) is 10.8 Å². The van der Waals surface area contributed by atoms with Crippen LogP contribution in [0.1, 0.15) is 93.9 Å². The van der Waals surface area contributed by atoms with Crippen molar-refractivity contribution in [2.45, 2.75) is 82.5 Å². The molecule has 474 valence electrons. The van der Waals surface area contributed by atoms with Gasteiger partial charge in [0.15, 0.2) is 0 Å². The van der Waals surface area contributed by atoms with Gasteiger partial charge in [0.2, 0.25) is 0 Å². The molecule has 0 saturated heterocycles. The minimum atomic E-state index is -0.113. The van der Waals surface area contributed by atoms with Gasteiger partial charge >= 0.3 is 0 Å². The molecule has 5 heteroatoms. The maximum absolute atomic E-state index is 2.69. The van der Waals surface area contributed by atoms with Crippen molar-refractivity contribution >= 4 is 99.5 Å². The highest BCUT2D eigenvalue weighted by molar-refractivity contribution is 6.13. The van der Waals surface area contributed by atoms with E-state index in [9.17, 15) is 0 Å². The fraction of sp³-hybridized carbons (Fsp3) is 0.226. The van der Waals surface area contributed by atoms with Crippen molar-refractivity contribution in [1.82, 2.24) is 13.7 Å². The Bertz CT molecular complexity index is 5610. The molecule has 5 heterocycles. The van der Waals surface area contributed by atoms with Gasteiger partial charge in [-0.3, -0.25) is 0 Å². The lowest BCUT2D eigenvalue weighted by Gasteiger charge is -2.64. The van der Waals surface area contributed by atoms with Gasteiger partial charge in [0, 0.05) is 71.6 Å². The SMILES string of the molecule is C[C@@H]1CC2C[C@@H](C1)C[C@@H](C)C21c2ccccc2N(c2cc(-c3cc(N4c5ccccc5C5(c6ccccc64)C4C[C@H]6C[C@@H](C4)C[C@@H]5C6)cc(-n4c5ccccc5c5ccccc54)c3)cc(-n3c4ccccc4c4cc(-n5c6ccccc6c6ccccc65)ccc43)c2)c2ccccc21. The second kappa shape index (κ2) is 20.6. The number of benzene rings is 12. The third-order valence-corrected chi connectivity index (χ3v) is 26.2. The minimum Gasteiger partial charge on any atom is -0.310 e. The number of aromatic nitrogens is 3. The van der Waals surface area contributed by atoms with Crippen molar-refractivity contribution < 1.29 is 0 Å². The van der Waals surface area contributed by atoms with Gasteiger partial charge in [-0.05, 0) is 248 Å². The first-order chi connectivity index (χ1) is 48.4. The van der Waals surface area contributed by atoms with Crippen LogP contribution in [0.15, 0.2) is 273 Å². The fourth-order valence-corrected chi connectivity index (χ4v) is 23.2. The second-order valence-electron chi connectivity index (χ2n) is 31.1. The van der Waals surface area contributed by atoms with Crippen molar-refractivity contribution in [2.24, 2.45) is 47.3 Å². The molecule has 0 N–H and O–H groups in total. The van der Waals surface area contributed by atoms with Crippen LogP contribution in [-0.4, -0.2) is 13.7 Å². The van der Waals surface area contributed by atoms with Crippen molar-refractivity contribution in [3.8, 4) is 28.2 Å². The normalized spacial score (nSPS) is 23.0. The lowest BCUT2D eigenvalue weighted by molar-refractivity contribution is -0.0419. The van der Waals surface area contributed by atoms with E-state index in [4.69, 9.17) is 0 Å². The van der Waals surface area contributed by atoms with Gasteiger partial charge in [0.25, 0.3) is 0 Å². The van der Waals surface area contributed by atoms with E-state index < -0.39 is 0 Å². The third-order valence-electron chi connectivity index (χ3n) is 26.2. The van der Waals surface area contributed by atoms with Crippen molar-refractivity contribution in [3.05, 3.63) is 295 Å². The predicted octanol–water partition coefficient (Wildman–Crippen LogP) is 24.3. The topological polar surface area (TPSA) is 21.3 Å². The summed E-state index contributed by atoms with van der Waals surface area (Å²) in [5, 5.41) is 7.51. The van der Waals surface area contributed by atoms with Crippen LogP contribution in [-0.2, 0) is 10.8 Å². The van der Waals surface area contributed by atoms with Crippen LogP contribution < -0.4 is 9.80 Å². The number of hydrogen-bond acceptors (Lipinski definition) is 2. The summed E-state index contributed by atoms with van der Waals surface area (Å²) in [6.07, 6.45) is 11.9. The van der Waals surface area contributed by atoms with Gasteiger partial charge in [-0.1, -0.05) is 178 Å². The van der Waals surface area contributed by atoms with E-state index in [0.717, 1.165) is 46.1 Å². The van der Waals surface area contributed by atoms with Gasteiger partial charge in [0.05, 0.1) is 55.8 Å². The molecule has 12 aromatic carbocycles. The Morgan fingerprint density at radius 3 is 1.01 bits per heavy atom. The quantitative estimate of drug-likeness (QED) is 0.165. The molecular formula is C93H77N5. The van der Waals surface area contributed by atoms with Gasteiger partial charge in [-0.2, -0.15) is 0 Å². The standard InChI is InChI=1S/C93H77N5/c1-57-41-59-43-58(2)92(64(42-57)45-59)78-26-8-17-35-88(78)97(89-36-18-9-27-79(89)92)70-52-63(51-69(55-70)96-86-34-16-7-25-76(86)77-56-67(39-40-87(77)96)94-82-30-12-3-21-72(82)73-22-4-13-31-83(73)94)62-50-68(95-84-32-14-5-23-74(84)75-24-6-15-33-85(75)95)54-71(53-62)98-90-37-19-10-28-80(90)93(81-29-11-20-38-91(81)98)65-46-60-44-61(48-65)49-66(93)47-60/h3-40,50-61,64-66H,41-49H2,1-2H3/t57-,58+,59-,60-,61+,64?,65-,66?/m0/s1. The van der Waals surface area contributed by atoms with E-state index in [1.54, 1.807) is 0 Å². The van der Waals surface area contributed by atoms with Crippen molar-refractivity contribution in [3.63, 3.8) is 0 Å². The number of anilines is 6. The zero-order chi connectivity index (χ0) is 64.3. The smallest absolute Gasteiger partial charge is 0.0542 e. The largest absolute Gasteiger partial charge is 0.310 e. The second-order valence-corrected chi connectivity index (χ2v) is 31.1.